The van der Waals surface area contributed by atoms with Gasteiger partial charge in [-0.05, 0) is 30.9 Å². The lowest BCUT2D eigenvalue weighted by Crippen LogP contribution is -2.50. The standard InChI is InChI=1S/C17H21F3N2O3/c1-2-12-5-3-4-6-14(12)25-11-15(23)22-9-7-13(8-10-22)21-16(24)17(18,19)20/h3-6,13H,2,7-11H2,1H3,(H,21,24). The third-order valence-corrected chi connectivity index (χ3v) is 4.15. The van der Waals surface area contributed by atoms with Crippen LogP contribution in [0.1, 0.15) is 25.3 Å². The number of likely N-dealkylation sites (tertiary alicyclic amines) is 1. The summed E-state index contributed by atoms with van der Waals surface area (Å²) in [6.07, 6.45) is -3.51. The van der Waals surface area contributed by atoms with Crippen LogP contribution < -0.4 is 10.1 Å². The lowest BCUT2D eigenvalue weighted by molar-refractivity contribution is -0.174. The van der Waals surface area contributed by atoms with Gasteiger partial charge in [-0.3, -0.25) is 9.59 Å². The number of piperidine rings is 1. The molecule has 1 aliphatic rings. The van der Waals surface area contributed by atoms with E-state index < -0.39 is 18.1 Å². The number of benzene rings is 1. The molecule has 2 amide bonds. The summed E-state index contributed by atoms with van der Waals surface area (Å²) in [6.45, 7) is 2.46. The van der Waals surface area contributed by atoms with Crippen LogP contribution in [-0.2, 0) is 16.0 Å². The van der Waals surface area contributed by atoms with Crippen LogP contribution in [0.5, 0.6) is 5.75 Å². The number of nitrogens with zero attached hydrogens (tertiary/aromatic N) is 1. The Bertz CT molecular complexity index is 611. The maximum atomic E-state index is 12.2. The number of amides is 2. The molecule has 8 heteroatoms. The molecule has 0 atom stereocenters. The largest absolute Gasteiger partial charge is 0.483 e. The summed E-state index contributed by atoms with van der Waals surface area (Å²) in [5, 5.41) is 1.96. The fourth-order valence-corrected chi connectivity index (χ4v) is 2.71. The SMILES string of the molecule is CCc1ccccc1OCC(=O)N1CCC(NC(=O)C(F)(F)F)CC1. The first-order valence-corrected chi connectivity index (χ1v) is 8.17. The Hall–Kier alpha value is -2.25. The molecule has 0 radical (unpaired) electrons. The van der Waals surface area contributed by atoms with Crippen LogP contribution in [0.25, 0.3) is 0 Å². The highest BCUT2D eigenvalue weighted by Gasteiger charge is 2.40. The zero-order valence-electron chi connectivity index (χ0n) is 13.9. The molecule has 1 N–H and O–H groups in total. The lowest BCUT2D eigenvalue weighted by atomic mass is 10.0. The summed E-state index contributed by atoms with van der Waals surface area (Å²) in [7, 11) is 0. The Morgan fingerprint density at radius 3 is 2.48 bits per heavy atom. The first-order valence-electron chi connectivity index (χ1n) is 8.17. The molecule has 0 aromatic heterocycles. The minimum absolute atomic E-state index is 0.114. The number of hydrogen-bond acceptors (Lipinski definition) is 3. The Balaban J connectivity index is 1.78. The molecule has 2 rings (SSSR count). The van der Waals surface area contributed by atoms with E-state index >= 15 is 0 Å². The maximum absolute atomic E-state index is 12.2. The Labute approximate surface area is 144 Å². The third kappa shape index (κ3) is 5.37. The molecule has 5 nitrogen and oxygen atoms in total. The summed E-state index contributed by atoms with van der Waals surface area (Å²) < 4.78 is 42.3. The number of hydrogen-bond donors (Lipinski definition) is 1. The normalized spacial score (nSPS) is 15.8. The minimum Gasteiger partial charge on any atom is -0.483 e. The molecule has 0 spiro atoms. The molecular formula is C17H21F3N2O3. The summed E-state index contributed by atoms with van der Waals surface area (Å²) in [5.41, 5.74) is 1.00. The number of alkyl halides is 3. The second-order valence-electron chi connectivity index (χ2n) is 5.88. The van der Waals surface area contributed by atoms with Gasteiger partial charge in [0.2, 0.25) is 0 Å². The van der Waals surface area contributed by atoms with E-state index in [-0.39, 0.29) is 12.5 Å². The Kier molecular flexibility index (Phi) is 6.27. The van der Waals surface area contributed by atoms with Gasteiger partial charge in [-0.25, -0.2) is 0 Å². The Morgan fingerprint density at radius 1 is 1.24 bits per heavy atom. The summed E-state index contributed by atoms with van der Waals surface area (Å²) in [4.78, 5) is 24.7. The third-order valence-electron chi connectivity index (χ3n) is 4.15. The predicted molar refractivity (Wildman–Crippen MR) is 85.1 cm³/mol. The van der Waals surface area contributed by atoms with Crippen molar-refractivity contribution in [2.45, 2.75) is 38.4 Å². The zero-order valence-corrected chi connectivity index (χ0v) is 13.9. The van der Waals surface area contributed by atoms with Gasteiger partial charge in [0.05, 0.1) is 0 Å². The molecule has 0 unspecified atom stereocenters. The van der Waals surface area contributed by atoms with Crippen LogP contribution in [0.3, 0.4) is 0 Å². The number of carbonyl (C=O) groups is 2. The van der Waals surface area contributed by atoms with Crippen molar-refractivity contribution in [1.82, 2.24) is 10.2 Å². The highest BCUT2D eigenvalue weighted by Crippen LogP contribution is 2.19. The van der Waals surface area contributed by atoms with Gasteiger partial charge in [-0.15, -0.1) is 0 Å². The van der Waals surface area contributed by atoms with Gasteiger partial charge >= 0.3 is 12.1 Å². The smallest absolute Gasteiger partial charge is 0.471 e. The lowest BCUT2D eigenvalue weighted by Gasteiger charge is -2.32. The van der Waals surface area contributed by atoms with Crippen molar-refractivity contribution in [3.8, 4) is 5.75 Å². The van der Waals surface area contributed by atoms with Crippen LogP contribution in [0.2, 0.25) is 0 Å². The number of para-hydroxylation sites is 1. The van der Waals surface area contributed by atoms with Gasteiger partial charge in [-0.2, -0.15) is 13.2 Å². The molecule has 0 bridgehead atoms. The molecule has 0 saturated carbocycles. The van der Waals surface area contributed by atoms with Crippen molar-refractivity contribution >= 4 is 11.8 Å². The molecule has 0 aliphatic carbocycles. The summed E-state index contributed by atoms with van der Waals surface area (Å²) >= 11 is 0. The average molecular weight is 358 g/mol. The van der Waals surface area contributed by atoms with E-state index in [1.165, 1.54) is 0 Å². The van der Waals surface area contributed by atoms with Gasteiger partial charge in [0.1, 0.15) is 5.75 Å². The van der Waals surface area contributed by atoms with E-state index in [9.17, 15) is 22.8 Å². The van der Waals surface area contributed by atoms with Crippen molar-refractivity contribution in [1.29, 1.82) is 0 Å². The molecule has 1 aliphatic heterocycles. The molecular weight excluding hydrogens is 337 g/mol. The topological polar surface area (TPSA) is 58.6 Å². The quantitative estimate of drug-likeness (QED) is 0.879. The number of carbonyl (C=O) groups excluding carboxylic acids is 2. The van der Waals surface area contributed by atoms with Crippen molar-refractivity contribution in [3.05, 3.63) is 29.8 Å². The first kappa shape index (κ1) is 19.1. The predicted octanol–water partition coefficient (Wildman–Crippen LogP) is 2.30. The van der Waals surface area contributed by atoms with Crippen LogP contribution in [0.4, 0.5) is 13.2 Å². The van der Waals surface area contributed by atoms with Crippen molar-refractivity contribution in [3.63, 3.8) is 0 Å². The molecule has 138 valence electrons. The van der Waals surface area contributed by atoms with E-state index in [0.717, 1.165) is 12.0 Å². The zero-order chi connectivity index (χ0) is 18.4. The summed E-state index contributed by atoms with van der Waals surface area (Å²) in [5.74, 6) is -1.49. The maximum Gasteiger partial charge on any atom is 0.471 e. The number of aryl methyl sites for hydroxylation is 1. The second-order valence-corrected chi connectivity index (χ2v) is 5.88. The van der Waals surface area contributed by atoms with Crippen molar-refractivity contribution < 1.29 is 27.5 Å². The van der Waals surface area contributed by atoms with Gasteiger partial charge in [0.15, 0.2) is 6.61 Å². The highest BCUT2D eigenvalue weighted by molar-refractivity contribution is 5.82. The van der Waals surface area contributed by atoms with Gasteiger partial charge in [0.25, 0.3) is 5.91 Å². The molecule has 1 aromatic rings. The van der Waals surface area contributed by atoms with Crippen LogP contribution in [0.15, 0.2) is 24.3 Å². The Morgan fingerprint density at radius 2 is 1.88 bits per heavy atom. The van der Waals surface area contributed by atoms with Gasteiger partial charge in [-0.1, -0.05) is 25.1 Å². The molecule has 1 fully saturated rings. The van der Waals surface area contributed by atoms with Gasteiger partial charge < -0.3 is 15.0 Å². The number of halogens is 3. The van der Waals surface area contributed by atoms with E-state index in [1.54, 1.807) is 11.0 Å². The molecule has 1 aromatic carbocycles. The van der Waals surface area contributed by atoms with Crippen LogP contribution in [-0.4, -0.2) is 48.6 Å². The minimum atomic E-state index is -4.88. The van der Waals surface area contributed by atoms with Crippen molar-refractivity contribution in [2.24, 2.45) is 0 Å². The highest BCUT2D eigenvalue weighted by atomic mass is 19.4. The fraction of sp³-hybridized carbons (Fsp3) is 0.529. The molecule has 1 saturated heterocycles. The fourth-order valence-electron chi connectivity index (χ4n) is 2.71. The molecule has 1 heterocycles. The number of ether oxygens (including phenoxy) is 1. The van der Waals surface area contributed by atoms with Crippen LogP contribution >= 0.6 is 0 Å². The summed E-state index contributed by atoms with van der Waals surface area (Å²) in [6, 6.07) is 6.88. The molecule has 25 heavy (non-hydrogen) atoms. The first-order chi connectivity index (χ1) is 11.8. The number of rotatable bonds is 5. The van der Waals surface area contributed by atoms with E-state index in [0.29, 0.717) is 31.7 Å². The van der Waals surface area contributed by atoms with E-state index in [4.69, 9.17) is 4.74 Å². The monoisotopic (exact) mass is 358 g/mol. The van der Waals surface area contributed by atoms with E-state index in [1.807, 2.05) is 30.4 Å². The van der Waals surface area contributed by atoms with Gasteiger partial charge in [0, 0.05) is 19.1 Å². The van der Waals surface area contributed by atoms with Crippen LogP contribution in [0, 0.1) is 0 Å². The second kappa shape index (κ2) is 8.22. The van der Waals surface area contributed by atoms with Crippen molar-refractivity contribution in [2.75, 3.05) is 19.7 Å². The number of nitrogens with one attached hydrogen (secondary N) is 1. The average Bonchev–Trinajstić information content (AvgIpc) is 2.59. The van der Waals surface area contributed by atoms with E-state index in [2.05, 4.69) is 0 Å².